The van der Waals surface area contributed by atoms with Crippen molar-refractivity contribution < 1.29 is 14.7 Å². The number of nitrogens with zero attached hydrogens (tertiary/aromatic N) is 1. The van der Waals surface area contributed by atoms with Crippen molar-refractivity contribution >= 4 is 40.1 Å². The fraction of sp³-hybridized carbons (Fsp3) is 0. The summed E-state index contributed by atoms with van der Waals surface area (Å²) < 4.78 is 0. The molecular formula is C17H11ClN2O3. The highest BCUT2D eigenvalue weighted by Crippen LogP contribution is 2.22. The highest BCUT2D eigenvalue weighted by molar-refractivity contribution is 6.30. The van der Waals surface area contributed by atoms with E-state index in [1.54, 1.807) is 12.1 Å². The van der Waals surface area contributed by atoms with Gasteiger partial charge in [-0.25, -0.2) is 9.78 Å². The molecule has 23 heavy (non-hydrogen) atoms. The second-order valence-electron chi connectivity index (χ2n) is 4.85. The van der Waals surface area contributed by atoms with E-state index in [2.05, 4.69) is 10.3 Å². The van der Waals surface area contributed by atoms with Gasteiger partial charge in [0, 0.05) is 11.1 Å². The van der Waals surface area contributed by atoms with E-state index in [0.717, 1.165) is 0 Å². The standard InChI is InChI=1S/C17H11ClN2O3/c18-15-9-13(12-3-1-2-4-14(12)20-15)16(21)19-11-7-5-10(6-8-11)17(22)23/h1-9H,(H,19,21)(H,22,23). The zero-order valence-corrected chi connectivity index (χ0v) is 12.5. The van der Waals surface area contributed by atoms with Crippen molar-refractivity contribution in [2.45, 2.75) is 0 Å². The van der Waals surface area contributed by atoms with E-state index in [-0.39, 0.29) is 16.6 Å². The van der Waals surface area contributed by atoms with Gasteiger partial charge in [-0.1, -0.05) is 29.8 Å². The van der Waals surface area contributed by atoms with E-state index in [4.69, 9.17) is 16.7 Å². The maximum absolute atomic E-state index is 12.5. The van der Waals surface area contributed by atoms with Gasteiger partial charge in [0.05, 0.1) is 16.6 Å². The molecule has 114 valence electrons. The Hall–Kier alpha value is -2.92. The van der Waals surface area contributed by atoms with Crippen LogP contribution in [0.2, 0.25) is 5.15 Å². The van der Waals surface area contributed by atoms with Gasteiger partial charge in [0.15, 0.2) is 0 Å². The topological polar surface area (TPSA) is 79.3 Å². The number of hydrogen-bond donors (Lipinski definition) is 2. The molecule has 0 bridgehead atoms. The first kappa shape index (κ1) is 15.0. The summed E-state index contributed by atoms with van der Waals surface area (Å²) in [7, 11) is 0. The minimum atomic E-state index is -1.02. The van der Waals surface area contributed by atoms with Gasteiger partial charge in [0.25, 0.3) is 5.91 Å². The van der Waals surface area contributed by atoms with Crippen LogP contribution in [0.25, 0.3) is 10.9 Å². The number of amides is 1. The number of benzene rings is 2. The van der Waals surface area contributed by atoms with Crippen LogP contribution in [-0.2, 0) is 0 Å². The first-order valence-electron chi connectivity index (χ1n) is 6.74. The maximum Gasteiger partial charge on any atom is 0.335 e. The lowest BCUT2D eigenvalue weighted by Gasteiger charge is -2.08. The third-order valence-corrected chi connectivity index (χ3v) is 3.51. The van der Waals surface area contributed by atoms with Crippen molar-refractivity contribution in [1.29, 1.82) is 0 Å². The number of aromatic carboxylic acids is 1. The lowest BCUT2D eigenvalue weighted by Crippen LogP contribution is -2.13. The Morgan fingerprint density at radius 3 is 2.43 bits per heavy atom. The largest absolute Gasteiger partial charge is 0.478 e. The number of pyridine rings is 1. The smallest absolute Gasteiger partial charge is 0.335 e. The van der Waals surface area contributed by atoms with Crippen LogP contribution < -0.4 is 5.32 Å². The fourth-order valence-corrected chi connectivity index (χ4v) is 2.43. The van der Waals surface area contributed by atoms with Crippen molar-refractivity contribution in [1.82, 2.24) is 4.98 Å². The lowest BCUT2D eigenvalue weighted by atomic mass is 10.1. The molecule has 0 aliphatic heterocycles. The molecule has 0 atom stereocenters. The van der Waals surface area contributed by atoms with Crippen LogP contribution in [0, 0.1) is 0 Å². The molecule has 0 saturated heterocycles. The number of carboxylic acids is 1. The molecule has 0 fully saturated rings. The molecule has 0 unspecified atom stereocenters. The third-order valence-electron chi connectivity index (χ3n) is 3.32. The molecule has 3 rings (SSSR count). The second kappa shape index (κ2) is 6.06. The molecule has 0 radical (unpaired) electrons. The molecule has 3 aromatic rings. The molecule has 2 aromatic carbocycles. The summed E-state index contributed by atoms with van der Waals surface area (Å²) in [4.78, 5) is 27.5. The minimum Gasteiger partial charge on any atom is -0.478 e. The number of anilines is 1. The number of carboxylic acid groups (broad SMARTS) is 1. The van der Waals surface area contributed by atoms with Crippen LogP contribution >= 0.6 is 11.6 Å². The van der Waals surface area contributed by atoms with Gasteiger partial charge >= 0.3 is 5.97 Å². The highest BCUT2D eigenvalue weighted by atomic mass is 35.5. The van der Waals surface area contributed by atoms with Crippen molar-refractivity contribution in [2.24, 2.45) is 0 Å². The van der Waals surface area contributed by atoms with Crippen LogP contribution in [0.3, 0.4) is 0 Å². The Kier molecular flexibility index (Phi) is 3.95. The monoisotopic (exact) mass is 326 g/mol. The summed E-state index contributed by atoms with van der Waals surface area (Å²) >= 11 is 5.97. The molecule has 0 aliphatic rings. The second-order valence-corrected chi connectivity index (χ2v) is 5.23. The predicted molar refractivity (Wildman–Crippen MR) is 88.1 cm³/mol. The van der Waals surface area contributed by atoms with Crippen molar-refractivity contribution in [2.75, 3.05) is 5.32 Å². The van der Waals surface area contributed by atoms with Crippen LogP contribution in [0.5, 0.6) is 0 Å². The summed E-state index contributed by atoms with van der Waals surface area (Å²) in [6.45, 7) is 0. The maximum atomic E-state index is 12.5. The number of halogens is 1. The number of hydrogen-bond acceptors (Lipinski definition) is 3. The van der Waals surface area contributed by atoms with Crippen LogP contribution in [0.15, 0.2) is 54.6 Å². The summed E-state index contributed by atoms with van der Waals surface area (Å²) in [5.41, 5.74) is 1.69. The predicted octanol–water partition coefficient (Wildman–Crippen LogP) is 3.84. The number of aromatic nitrogens is 1. The summed E-state index contributed by atoms with van der Waals surface area (Å²) in [6.07, 6.45) is 0. The SMILES string of the molecule is O=C(O)c1ccc(NC(=O)c2cc(Cl)nc3ccccc23)cc1. The normalized spacial score (nSPS) is 10.5. The molecule has 0 saturated carbocycles. The zero-order chi connectivity index (χ0) is 16.4. The molecular weight excluding hydrogens is 316 g/mol. The van der Waals surface area contributed by atoms with E-state index in [0.29, 0.717) is 22.2 Å². The Balaban J connectivity index is 1.93. The fourth-order valence-electron chi connectivity index (χ4n) is 2.23. The van der Waals surface area contributed by atoms with E-state index in [9.17, 15) is 9.59 Å². The quantitative estimate of drug-likeness (QED) is 0.717. The first-order valence-corrected chi connectivity index (χ1v) is 7.12. The molecule has 0 spiro atoms. The molecule has 2 N–H and O–H groups in total. The number of carbonyl (C=O) groups excluding carboxylic acids is 1. The third kappa shape index (κ3) is 3.14. The van der Waals surface area contributed by atoms with E-state index in [1.165, 1.54) is 30.3 Å². The Morgan fingerprint density at radius 2 is 1.74 bits per heavy atom. The molecule has 1 heterocycles. The highest BCUT2D eigenvalue weighted by Gasteiger charge is 2.13. The molecule has 0 aliphatic carbocycles. The summed E-state index contributed by atoms with van der Waals surface area (Å²) in [5.74, 6) is -1.36. The number of fused-ring (bicyclic) bond motifs is 1. The van der Waals surface area contributed by atoms with Gasteiger partial charge in [-0.15, -0.1) is 0 Å². The zero-order valence-electron chi connectivity index (χ0n) is 11.8. The minimum absolute atomic E-state index is 0.153. The van der Waals surface area contributed by atoms with Gasteiger partial charge < -0.3 is 10.4 Å². The Morgan fingerprint density at radius 1 is 1.04 bits per heavy atom. The van der Waals surface area contributed by atoms with E-state index in [1.807, 2.05) is 12.1 Å². The van der Waals surface area contributed by atoms with Crippen LogP contribution in [-0.4, -0.2) is 22.0 Å². The Labute approximate surface area is 136 Å². The lowest BCUT2D eigenvalue weighted by molar-refractivity contribution is 0.0696. The number of para-hydroxylation sites is 1. The number of carbonyl (C=O) groups is 2. The average Bonchev–Trinajstić information content (AvgIpc) is 2.54. The van der Waals surface area contributed by atoms with Gasteiger partial charge in [0.2, 0.25) is 0 Å². The van der Waals surface area contributed by atoms with Gasteiger partial charge in [-0.05, 0) is 36.4 Å². The molecule has 6 heteroatoms. The molecule has 5 nitrogen and oxygen atoms in total. The van der Waals surface area contributed by atoms with Crippen LogP contribution in [0.4, 0.5) is 5.69 Å². The van der Waals surface area contributed by atoms with Gasteiger partial charge in [-0.3, -0.25) is 4.79 Å². The van der Waals surface area contributed by atoms with Gasteiger partial charge in [0.1, 0.15) is 5.15 Å². The molecule has 1 aromatic heterocycles. The van der Waals surface area contributed by atoms with Crippen molar-refractivity contribution in [3.8, 4) is 0 Å². The Bertz CT molecular complexity index is 907. The first-order chi connectivity index (χ1) is 11.0. The van der Waals surface area contributed by atoms with E-state index >= 15 is 0 Å². The van der Waals surface area contributed by atoms with Crippen molar-refractivity contribution in [3.63, 3.8) is 0 Å². The average molecular weight is 327 g/mol. The van der Waals surface area contributed by atoms with Gasteiger partial charge in [-0.2, -0.15) is 0 Å². The molecule has 1 amide bonds. The van der Waals surface area contributed by atoms with Crippen LogP contribution in [0.1, 0.15) is 20.7 Å². The van der Waals surface area contributed by atoms with E-state index < -0.39 is 5.97 Å². The number of nitrogens with one attached hydrogen (secondary N) is 1. The van der Waals surface area contributed by atoms with Crippen molar-refractivity contribution in [3.05, 3.63) is 70.9 Å². The number of rotatable bonds is 3. The summed E-state index contributed by atoms with van der Waals surface area (Å²) in [6, 6.07) is 14.6. The summed E-state index contributed by atoms with van der Waals surface area (Å²) in [5, 5.41) is 12.5.